The second kappa shape index (κ2) is 6.87. The number of aryl methyl sites for hydroxylation is 1. The molecule has 1 aliphatic carbocycles. The molecule has 1 fully saturated rings. The first-order valence-corrected chi connectivity index (χ1v) is 7.77. The normalized spacial score (nSPS) is 22.4. The van der Waals surface area contributed by atoms with Gasteiger partial charge in [-0.25, -0.2) is 4.79 Å². The van der Waals surface area contributed by atoms with E-state index in [1.54, 1.807) is 6.07 Å². The van der Waals surface area contributed by atoms with Crippen molar-refractivity contribution in [3.63, 3.8) is 0 Å². The number of amides is 1. The number of carboxylic acid groups (broad SMARTS) is 1. The smallest absolute Gasteiger partial charge is 0.328 e. The molecule has 0 radical (unpaired) electrons. The summed E-state index contributed by atoms with van der Waals surface area (Å²) in [5.74, 6) is -1.13. The van der Waals surface area contributed by atoms with Crippen LogP contribution in [0.5, 0.6) is 0 Å². The van der Waals surface area contributed by atoms with Gasteiger partial charge in [-0.3, -0.25) is 4.79 Å². The van der Waals surface area contributed by atoms with E-state index in [0.29, 0.717) is 4.88 Å². The molecule has 0 spiro atoms. The topological polar surface area (TPSA) is 86.6 Å². The molecule has 0 aromatic carbocycles. The van der Waals surface area contributed by atoms with Crippen molar-refractivity contribution in [2.75, 3.05) is 0 Å². The highest BCUT2D eigenvalue weighted by Gasteiger charge is 2.22. The van der Waals surface area contributed by atoms with Crippen LogP contribution in [-0.4, -0.2) is 34.2 Å². The van der Waals surface area contributed by atoms with E-state index in [9.17, 15) is 14.7 Å². The Morgan fingerprint density at radius 2 is 2.00 bits per heavy atom. The second-order valence-electron chi connectivity index (χ2n) is 5.31. The first kappa shape index (κ1) is 15.7. The Labute approximate surface area is 127 Å². The van der Waals surface area contributed by atoms with Crippen LogP contribution in [0.4, 0.5) is 0 Å². The summed E-state index contributed by atoms with van der Waals surface area (Å²) >= 11 is 1.29. The van der Waals surface area contributed by atoms with Crippen LogP contribution >= 0.6 is 11.3 Å². The maximum absolute atomic E-state index is 12.2. The SMILES string of the molecule is Cc1cc(C(=O)NC2CCC(O)CC2)sc1/C=C/C(=O)O. The maximum atomic E-state index is 12.2. The van der Waals surface area contributed by atoms with Crippen molar-refractivity contribution in [3.8, 4) is 0 Å². The van der Waals surface area contributed by atoms with Crippen LogP contribution in [0, 0.1) is 6.92 Å². The average Bonchev–Trinajstić information content (AvgIpc) is 2.80. The van der Waals surface area contributed by atoms with E-state index < -0.39 is 5.97 Å². The minimum Gasteiger partial charge on any atom is -0.478 e. The van der Waals surface area contributed by atoms with Gasteiger partial charge in [-0.15, -0.1) is 11.3 Å². The average molecular weight is 309 g/mol. The largest absolute Gasteiger partial charge is 0.478 e. The zero-order valence-electron chi connectivity index (χ0n) is 11.8. The summed E-state index contributed by atoms with van der Waals surface area (Å²) in [4.78, 5) is 24.1. The Hall–Kier alpha value is -1.66. The molecular formula is C15H19NO4S. The van der Waals surface area contributed by atoms with Gasteiger partial charge in [0.15, 0.2) is 0 Å². The molecular weight excluding hydrogens is 290 g/mol. The molecule has 1 aliphatic rings. The van der Waals surface area contributed by atoms with Crippen molar-refractivity contribution < 1.29 is 19.8 Å². The molecule has 114 valence electrons. The third-order valence-electron chi connectivity index (χ3n) is 3.59. The first-order valence-electron chi connectivity index (χ1n) is 6.96. The van der Waals surface area contributed by atoms with Crippen molar-refractivity contribution in [1.29, 1.82) is 0 Å². The standard InChI is InChI=1S/C15H19NO4S/c1-9-8-13(21-12(9)6-7-14(18)19)15(20)16-10-2-4-11(17)5-3-10/h6-8,10-11,17H,2-5H2,1H3,(H,16,20)(H,18,19)/b7-6+. The zero-order valence-corrected chi connectivity index (χ0v) is 12.7. The lowest BCUT2D eigenvalue weighted by molar-refractivity contribution is -0.131. The minimum atomic E-state index is -1.01. The minimum absolute atomic E-state index is 0.112. The summed E-state index contributed by atoms with van der Waals surface area (Å²) in [5, 5.41) is 21.1. The number of nitrogens with one attached hydrogen (secondary N) is 1. The summed E-state index contributed by atoms with van der Waals surface area (Å²) in [6.07, 6.45) is 5.38. The summed E-state index contributed by atoms with van der Waals surface area (Å²) in [7, 11) is 0. The van der Waals surface area contributed by atoms with Crippen LogP contribution in [0.1, 0.15) is 45.8 Å². The van der Waals surface area contributed by atoms with E-state index in [1.165, 1.54) is 17.4 Å². The number of aliphatic hydroxyl groups excluding tert-OH is 1. The molecule has 6 heteroatoms. The third-order valence-corrected chi connectivity index (χ3v) is 4.79. The quantitative estimate of drug-likeness (QED) is 0.744. The lowest BCUT2D eigenvalue weighted by Crippen LogP contribution is -2.38. The number of carbonyl (C=O) groups is 2. The van der Waals surface area contributed by atoms with Crippen LogP contribution < -0.4 is 5.32 Å². The highest BCUT2D eigenvalue weighted by Crippen LogP contribution is 2.24. The Kier molecular flexibility index (Phi) is 5.14. The van der Waals surface area contributed by atoms with Gasteiger partial charge in [0, 0.05) is 17.0 Å². The summed E-state index contributed by atoms with van der Waals surface area (Å²) in [5.41, 5.74) is 0.890. The van der Waals surface area contributed by atoms with Crippen LogP contribution in [0.15, 0.2) is 12.1 Å². The number of carbonyl (C=O) groups excluding carboxylic acids is 1. The molecule has 1 saturated carbocycles. The van der Waals surface area contributed by atoms with Crippen molar-refractivity contribution >= 4 is 29.3 Å². The number of thiophene rings is 1. The maximum Gasteiger partial charge on any atom is 0.328 e. The Bertz CT molecular complexity index is 556. The van der Waals surface area contributed by atoms with Gasteiger partial charge < -0.3 is 15.5 Å². The van der Waals surface area contributed by atoms with Gasteiger partial charge in [0.1, 0.15) is 0 Å². The van der Waals surface area contributed by atoms with E-state index in [-0.39, 0.29) is 18.1 Å². The van der Waals surface area contributed by atoms with Gasteiger partial charge in [-0.1, -0.05) is 0 Å². The summed E-state index contributed by atoms with van der Waals surface area (Å²) in [6.45, 7) is 1.85. The van der Waals surface area contributed by atoms with Gasteiger partial charge in [0.2, 0.25) is 0 Å². The predicted molar refractivity (Wildman–Crippen MR) is 81.5 cm³/mol. The van der Waals surface area contributed by atoms with E-state index in [0.717, 1.165) is 42.2 Å². The summed E-state index contributed by atoms with van der Waals surface area (Å²) in [6, 6.07) is 1.89. The van der Waals surface area contributed by atoms with Crippen LogP contribution in [0.2, 0.25) is 0 Å². The van der Waals surface area contributed by atoms with Crippen molar-refractivity contribution in [2.24, 2.45) is 0 Å². The molecule has 1 amide bonds. The summed E-state index contributed by atoms with van der Waals surface area (Å²) < 4.78 is 0. The van der Waals surface area contributed by atoms with E-state index in [1.807, 2.05) is 6.92 Å². The fourth-order valence-electron chi connectivity index (χ4n) is 2.40. The van der Waals surface area contributed by atoms with Gasteiger partial charge >= 0.3 is 5.97 Å². The number of rotatable bonds is 4. The lowest BCUT2D eigenvalue weighted by Gasteiger charge is -2.25. The van der Waals surface area contributed by atoms with Gasteiger partial charge in [0.25, 0.3) is 5.91 Å². The van der Waals surface area contributed by atoms with Crippen molar-refractivity contribution in [3.05, 3.63) is 27.5 Å². The molecule has 21 heavy (non-hydrogen) atoms. The van der Waals surface area contributed by atoms with Gasteiger partial charge in [0.05, 0.1) is 11.0 Å². The highest BCUT2D eigenvalue weighted by atomic mass is 32.1. The second-order valence-corrected chi connectivity index (χ2v) is 6.39. The van der Waals surface area contributed by atoms with Crippen LogP contribution in [-0.2, 0) is 4.79 Å². The lowest BCUT2D eigenvalue weighted by atomic mass is 9.93. The predicted octanol–water partition coefficient (Wildman–Crippen LogP) is 2.19. The molecule has 5 nitrogen and oxygen atoms in total. The molecule has 0 unspecified atom stereocenters. The first-order chi connectivity index (χ1) is 9.95. The molecule has 1 aromatic heterocycles. The Morgan fingerprint density at radius 3 is 2.62 bits per heavy atom. The van der Waals surface area contributed by atoms with Gasteiger partial charge in [-0.05, 0) is 50.3 Å². The molecule has 0 aliphatic heterocycles. The number of hydrogen-bond donors (Lipinski definition) is 3. The van der Waals surface area contributed by atoms with Crippen molar-refractivity contribution in [2.45, 2.75) is 44.8 Å². The molecule has 3 N–H and O–H groups in total. The molecule has 0 atom stereocenters. The monoisotopic (exact) mass is 309 g/mol. The number of aliphatic carboxylic acids is 1. The van der Waals surface area contributed by atoms with E-state index >= 15 is 0 Å². The zero-order chi connectivity index (χ0) is 15.4. The molecule has 2 rings (SSSR count). The number of aliphatic hydroxyl groups is 1. The van der Waals surface area contributed by atoms with Crippen molar-refractivity contribution in [1.82, 2.24) is 5.32 Å². The van der Waals surface area contributed by atoms with E-state index in [4.69, 9.17) is 5.11 Å². The molecule has 0 bridgehead atoms. The van der Waals surface area contributed by atoms with Crippen LogP contribution in [0.3, 0.4) is 0 Å². The number of hydrogen-bond acceptors (Lipinski definition) is 4. The van der Waals surface area contributed by atoms with Gasteiger partial charge in [-0.2, -0.15) is 0 Å². The third kappa shape index (κ3) is 4.41. The highest BCUT2D eigenvalue weighted by molar-refractivity contribution is 7.15. The molecule has 1 heterocycles. The van der Waals surface area contributed by atoms with E-state index in [2.05, 4.69) is 5.32 Å². The molecule has 1 aromatic rings. The van der Waals surface area contributed by atoms with Crippen LogP contribution in [0.25, 0.3) is 6.08 Å². The molecule has 0 saturated heterocycles. The fourth-order valence-corrected chi connectivity index (χ4v) is 3.38. The Balaban J connectivity index is 1.99. The fraction of sp³-hybridized carbons (Fsp3) is 0.467. The number of carboxylic acids is 1. The Morgan fingerprint density at radius 1 is 1.33 bits per heavy atom.